The summed E-state index contributed by atoms with van der Waals surface area (Å²) in [6.07, 6.45) is 0.579. The van der Waals surface area contributed by atoms with E-state index in [0.29, 0.717) is 28.2 Å². The normalized spacial score (nSPS) is 13.2. The molecule has 1 atom stereocenters. The first kappa shape index (κ1) is 27.2. The zero-order chi connectivity index (χ0) is 27.8. The first-order chi connectivity index (χ1) is 17.8. The molecule has 2 aromatic heterocycles. The summed E-state index contributed by atoms with van der Waals surface area (Å²) >= 11 is 6.09. The van der Waals surface area contributed by atoms with E-state index in [2.05, 4.69) is 11.7 Å². The molecule has 2 aromatic carbocycles. The van der Waals surface area contributed by atoms with Crippen LogP contribution in [-0.2, 0) is 28.0 Å². The lowest BCUT2D eigenvalue weighted by Gasteiger charge is -2.16. The molecule has 0 aliphatic carbocycles. The number of fused-ring (bicyclic) bond motifs is 1. The van der Waals surface area contributed by atoms with E-state index in [-0.39, 0.29) is 5.56 Å². The number of benzene rings is 2. The van der Waals surface area contributed by atoms with Crippen LogP contribution in [0.5, 0.6) is 0 Å². The number of nitrogens with one attached hydrogen (secondary N) is 1. The van der Waals surface area contributed by atoms with E-state index in [4.69, 9.17) is 11.6 Å². The summed E-state index contributed by atoms with van der Waals surface area (Å²) in [5.74, 6) is -0.359. The topological polar surface area (TPSA) is 86.0 Å². The molecule has 1 amide bonds. The van der Waals surface area contributed by atoms with Gasteiger partial charge in [-0.15, -0.1) is 6.58 Å². The predicted molar refractivity (Wildman–Crippen MR) is 140 cm³/mol. The van der Waals surface area contributed by atoms with E-state index >= 15 is 0 Å². The van der Waals surface area contributed by atoms with Crippen molar-refractivity contribution in [3.63, 3.8) is 0 Å². The smallest absolute Gasteiger partial charge is 0.301 e. The number of hydrogen-bond acceptors (Lipinski definition) is 4. The Bertz CT molecular complexity index is 1690. The van der Waals surface area contributed by atoms with Crippen molar-refractivity contribution in [2.45, 2.75) is 18.3 Å². The Balaban J connectivity index is 1.62. The molecule has 7 nitrogen and oxygen atoms in total. The van der Waals surface area contributed by atoms with E-state index in [0.717, 1.165) is 35.2 Å². The van der Waals surface area contributed by atoms with Crippen molar-refractivity contribution >= 4 is 44.5 Å². The number of aromatic nitrogens is 3. The summed E-state index contributed by atoms with van der Waals surface area (Å²) in [7, 11) is -2.73. The van der Waals surface area contributed by atoms with Crippen LogP contribution in [-0.4, -0.2) is 28.7 Å². The van der Waals surface area contributed by atoms with Crippen molar-refractivity contribution < 1.29 is 26.4 Å². The lowest BCUT2D eigenvalue weighted by atomic mass is 10.1. The van der Waals surface area contributed by atoms with Gasteiger partial charge in [0.25, 0.3) is 5.91 Å². The van der Waals surface area contributed by atoms with E-state index < -0.39 is 32.9 Å². The predicted octanol–water partition coefficient (Wildman–Crippen LogP) is 5.73. The number of amides is 1. The molecule has 0 radical (unpaired) electrons. The Labute approximate surface area is 221 Å². The van der Waals surface area contributed by atoms with Crippen molar-refractivity contribution in [2.75, 3.05) is 0 Å². The van der Waals surface area contributed by atoms with Crippen LogP contribution in [0.1, 0.15) is 27.6 Å². The number of sulfonamides is 1. The summed E-state index contributed by atoms with van der Waals surface area (Å²) in [5.41, 5.74) is 0.796. The van der Waals surface area contributed by atoms with Crippen LogP contribution >= 0.6 is 11.6 Å². The summed E-state index contributed by atoms with van der Waals surface area (Å²) in [4.78, 5) is 12.6. The summed E-state index contributed by atoms with van der Waals surface area (Å²) in [5, 5.41) is 4.30. The third-order valence-electron chi connectivity index (χ3n) is 5.85. The second-order valence-electron chi connectivity index (χ2n) is 8.46. The average Bonchev–Trinajstić information content (AvgIpc) is 3.35. The molecule has 38 heavy (non-hydrogen) atoms. The van der Waals surface area contributed by atoms with Crippen LogP contribution in [0.15, 0.2) is 73.5 Å². The molecule has 198 valence electrons. The number of hydrogen-bond donors (Lipinski definition) is 1. The molecule has 4 aromatic rings. The maximum atomic E-state index is 13.1. The first-order valence-electron chi connectivity index (χ1n) is 11.2. The average molecular weight is 563 g/mol. The molecular formula is C26H22ClF3N4O3S. The highest BCUT2D eigenvalue weighted by molar-refractivity contribution is 7.90. The molecule has 0 saturated heterocycles. The lowest BCUT2D eigenvalue weighted by molar-refractivity contribution is -0.137. The molecule has 0 saturated carbocycles. The first-order valence-corrected chi connectivity index (χ1v) is 13.1. The van der Waals surface area contributed by atoms with Crippen LogP contribution < -0.4 is 4.72 Å². The van der Waals surface area contributed by atoms with Gasteiger partial charge in [0.1, 0.15) is 11.1 Å². The Morgan fingerprint density at radius 2 is 1.92 bits per heavy atom. The van der Waals surface area contributed by atoms with Gasteiger partial charge in [0.2, 0.25) is 10.0 Å². The zero-order valence-electron chi connectivity index (χ0n) is 20.2. The van der Waals surface area contributed by atoms with Crippen LogP contribution in [0.25, 0.3) is 22.8 Å². The number of aryl methyl sites for hydroxylation is 2. The van der Waals surface area contributed by atoms with Crippen molar-refractivity contribution in [1.82, 2.24) is 19.1 Å². The van der Waals surface area contributed by atoms with Gasteiger partial charge in [-0.2, -0.15) is 18.3 Å². The third-order valence-corrected chi connectivity index (χ3v) is 7.71. The van der Waals surface area contributed by atoms with Crippen LogP contribution in [0.2, 0.25) is 5.02 Å². The van der Waals surface area contributed by atoms with Gasteiger partial charge in [-0.3, -0.25) is 9.48 Å². The van der Waals surface area contributed by atoms with Gasteiger partial charge in [0.15, 0.2) is 0 Å². The summed E-state index contributed by atoms with van der Waals surface area (Å²) < 4.78 is 70.5. The van der Waals surface area contributed by atoms with Gasteiger partial charge in [0, 0.05) is 35.3 Å². The SMILES string of the molecule is C=CC(c1cccc(C(F)(F)F)c1)S(=O)(=O)NC(=O)/C=C/c1c(C)nn(C)c1-n1ccc2cc(Cl)ccc21. The number of carbonyl (C=O) groups excluding carboxylic acids is 1. The van der Waals surface area contributed by atoms with Gasteiger partial charge in [-0.1, -0.05) is 35.9 Å². The van der Waals surface area contributed by atoms with Crippen LogP contribution in [0.4, 0.5) is 13.2 Å². The third kappa shape index (κ3) is 5.39. The fraction of sp³-hybridized carbons (Fsp3) is 0.154. The molecular weight excluding hydrogens is 541 g/mol. The Hall–Kier alpha value is -3.83. The standard InChI is InChI=1S/C26H22ClF3N4O3S/c1-4-23(18-6-5-7-19(14-18)26(28,29)30)38(36,37)32-24(35)11-9-21-16(2)31-33(3)25(21)34-13-12-17-15-20(27)8-10-22(17)34/h4-15,23H,1H2,2-3H3,(H,32,35)/b11-9+. The van der Waals surface area contributed by atoms with Crippen LogP contribution in [0, 0.1) is 6.92 Å². The second-order valence-corrected chi connectivity index (χ2v) is 10.7. The van der Waals surface area contributed by atoms with Gasteiger partial charge in [-0.25, -0.2) is 13.1 Å². The minimum atomic E-state index is -4.66. The monoisotopic (exact) mass is 562 g/mol. The quantitative estimate of drug-likeness (QED) is 0.230. The van der Waals surface area contributed by atoms with E-state index in [1.807, 2.05) is 33.7 Å². The van der Waals surface area contributed by atoms with Gasteiger partial charge >= 0.3 is 6.18 Å². The zero-order valence-corrected chi connectivity index (χ0v) is 21.8. The van der Waals surface area contributed by atoms with E-state index in [1.54, 1.807) is 24.7 Å². The highest BCUT2D eigenvalue weighted by atomic mass is 35.5. The minimum absolute atomic E-state index is 0.177. The largest absolute Gasteiger partial charge is 0.416 e. The Morgan fingerprint density at radius 3 is 2.61 bits per heavy atom. The van der Waals surface area contributed by atoms with Crippen molar-refractivity contribution in [2.24, 2.45) is 7.05 Å². The van der Waals surface area contributed by atoms with Crippen molar-refractivity contribution in [3.05, 3.63) is 101 Å². The molecule has 0 fully saturated rings. The Morgan fingerprint density at radius 1 is 1.18 bits per heavy atom. The molecule has 1 unspecified atom stereocenters. The number of alkyl halides is 3. The molecule has 0 aliphatic heterocycles. The maximum absolute atomic E-state index is 13.1. The van der Waals surface area contributed by atoms with Gasteiger partial charge in [-0.05, 0) is 48.9 Å². The maximum Gasteiger partial charge on any atom is 0.416 e. The van der Waals surface area contributed by atoms with Crippen molar-refractivity contribution in [1.29, 1.82) is 0 Å². The number of halogens is 4. The van der Waals surface area contributed by atoms with E-state index in [1.165, 1.54) is 12.1 Å². The van der Waals surface area contributed by atoms with Gasteiger partial charge < -0.3 is 4.57 Å². The highest BCUT2D eigenvalue weighted by Crippen LogP contribution is 2.33. The Kier molecular flexibility index (Phi) is 7.26. The van der Waals surface area contributed by atoms with E-state index in [9.17, 15) is 26.4 Å². The molecule has 0 spiro atoms. The fourth-order valence-corrected chi connectivity index (χ4v) is 5.59. The highest BCUT2D eigenvalue weighted by Gasteiger charge is 2.33. The molecule has 1 N–H and O–H groups in total. The fourth-order valence-electron chi connectivity index (χ4n) is 4.17. The number of nitrogens with zero attached hydrogens (tertiary/aromatic N) is 3. The molecule has 2 heterocycles. The molecule has 12 heteroatoms. The van der Waals surface area contributed by atoms with Crippen molar-refractivity contribution in [3.8, 4) is 5.82 Å². The number of rotatable bonds is 7. The molecule has 4 rings (SSSR count). The second kappa shape index (κ2) is 10.1. The molecule has 0 aliphatic rings. The lowest BCUT2D eigenvalue weighted by Crippen LogP contribution is -2.32. The van der Waals surface area contributed by atoms with Gasteiger partial charge in [0.05, 0.1) is 16.8 Å². The van der Waals surface area contributed by atoms with Crippen LogP contribution in [0.3, 0.4) is 0 Å². The molecule has 0 bridgehead atoms. The summed E-state index contributed by atoms with van der Waals surface area (Å²) in [6.45, 7) is 5.17. The summed E-state index contributed by atoms with van der Waals surface area (Å²) in [6, 6.07) is 11.1. The minimum Gasteiger partial charge on any atom is -0.301 e. The number of carbonyl (C=O) groups is 1.